The van der Waals surface area contributed by atoms with Crippen LogP contribution in [0.15, 0.2) is 12.1 Å². The molecule has 3 nitrogen and oxygen atoms in total. The lowest BCUT2D eigenvalue weighted by Gasteiger charge is -2.25. The Bertz CT molecular complexity index is 480. The number of anilines is 1. The van der Waals surface area contributed by atoms with Gasteiger partial charge in [0.1, 0.15) is 5.82 Å². The van der Waals surface area contributed by atoms with E-state index >= 15 is 0 Å². The maximum Gasteiger partial charge on any atom is 0.129 e. The summed E-state index contributed by atoms with van der Waals surface area (Å²) in [4.78, 5) is 6.96. The highest BCUT2D eigenvalue weighted by atomic mass is 15.2. The number of pyridine rings is 1. The minimum Gasteiger partial charge on any atom is -0.346 e. The molecule has 0 aliphatic carbocycles. The number of hydrogen-bond acceptors (Lipinski definition) is 3. The van der Waals surface area contributed by atoms with Gasteiger partial charge in [-0.05, 0) is 37.6 Å². The van der Waals surface area contributed by atoms with Crippen LogP contribution in [0.25, 0.3) is 0 Å². The van der Waals surface area contributed by atoms with Crippen molar-refractivity contribution < 1.29 is 0 Å². The summed E-state index contributed by atoms with van der Waals surface area (Å²) in [6, 6.07) is 4.36. The van der Waals surface area contributed by atoms with Gasteiger partial charge in [0.05, 0.1) is 6.54 Å². The summed E-state index contributed by atoms with van der Waals surface area (Å²) in [6.07, 6.45) is 6.61. The predicted molar refractivity (Wildman–Crippen MR) is 91.7 cm³/mol. The van der Waals surface area contributed by atoms with Crippen LogP contribution in [0.3, 0.4) is 0 Å². The first kappa shape index (κ1) is 17.5. The summed E-state index contributed by atoms with van der Waals surface area (Å²) >= 11 is 0. The molecule has 21 heavy (non-hydrogen) atoms. The summed E-state index contributed by atoms with van der Waals surface area (Å²) in [5.41, 5.74) is 2.42. The molecule has 0 saturated carbocycles. The van der Waals surface area contributed by atoms with E-state index < -0.39 is 0 Å². The number of aromatic nitrogens is 1. The fourth-order valence-electron chi connectivity index (χ4n) is 2.09. The topological polar surface area (TPSA) is 28.2 Å². The fraction of sp³-hybridized carbons (Fsp3) is 0.611. The fourth-order valence-corrected chi connectivity index (χ4v) is 2.09. The largest absolute Gasteiger partial charge is 0.346 e. The molecule has 0 aliphatic rings. The van der Waals surface area contributed by atoms with Crippen LogP contribution in [0.2, 0.25) is 0 Å². The normalized spacial score (nSPS) is 11.2. The van der Waals surface area contributed by atoms with Crippen LogP contribution in [-0.2, 0) is 12.0 Å². The summed E-state index contributed by atoms with van der Waals surface area (Å²) in [5, 5.41) is 3.46. The van der Waals surface area contributed by atoms with Gasteiger partial charge < -0.3 is 10.2 Å². The minimum absolute atomic E-state index is 0.0328. The van der Waals surface area contributed by atoms with Gasteiger partial charge in [0, 0.05) is 24.2 Å². The predicted octanol–water partition coefficient (Wildman–Crippen LogP) is 3.34. The van der Waals surface area contributed by atoms with Gasteiger partial charge in [0.15, 0.2) is 0 Å². The van der Waals surface area contributed by atoms with Crippen molar-refractivity contribution in [2.45, 2.75) is 53.0 Å². The van der Waals surface area contributed by atoms with Crippen molar-refractivity contribution in [2.24, 2.45) is 0 Å². The lowest BCUT2D eigenvalue weighted by molar-refractivity contribution is 0.565. The van der Waals surface area contributed by atoms with E-state index in [0.717, 1.165) is 37.6 Å². The second kappa shape index (κ2) is 8.05. The third-order valence-electron chi connectivity index (χ3n) is 3.38. The maximum atomic E-state index is 5.47. The summed E-state index contributed by atoms with van der Waals surface area (Å²) < 4.78 is 0. The second-order valence-electron chi connectivity index (χ2n) is 6.36. The number of hydrogen-bond donors (Lipinski definition) is 1. The van der Waals surface area contributed by atoms with Crippen LogP contribution in [-0.4, -0.2) is 24.6 Å². The molecular weight excluding hydrogens is 258 g/mol. The van der Waals surface area contributed by atoms with Crippen molar-refractivity contribution in [3.63, 3.8) is 0 Å². The molecule has 116 valence electrons. The molecule has 0 amide bonds. The summed E-state index contributed by atoms with van der Waals surface area (Å²) in [6.45, 7) is 14.2. The molecule has 1 aromatic heterocycles. The van der Waals surface area contributed by atoms with Gasteiger partial charge in [0.2, 0.25) is 0 Å². The van der Waals surface area contributed by atoms with E-state index in [-0.39, 0.29) is 5.41 Å². The molecule has 0 radical (unpaired) electrons. The molecule has 1 heterocycles. The average molecular weight is 287 g/mol. The highest BCUT2D eigenvalue weighted by molar-refractivity contribution is 5.45. The molecule has 1 aromatic rings. The zero-order valence-electron chi connectivity index (χ0n) is 14.2. The summed E-state index contributed by atoms with van der Waals surface area (Å²) in [7, 11) is 0. The third-order valence-corrected chi connectivity index (χ3v) is 3.38. The van der Waals surface area contributed by atoms with Crippen LogP contribution in [0.4, 0.5) is 5.82 Å². The molecule has 0 fully saturated rings. The molecule has 1 N–H and O–H groups in total. The number of rotatable bonds is 7. The minimum atomic E-state index is 0.0328. The SMILES string of the molecule is C#CCN(CC)c1cc(CNCCC)cc(C(C)(C)C)n1. The van der Waals surface area contributed by atoms with E-state index in [9.17, 15) is 0 Å². The molecule has 0 aromatic carbocycles. The van der Waals surface area contributed by atoms with Crippen LogP contribution in [0, 0.1) is 12.3 Å². The molecule has 0 bridgehead atoms. The molecule has 0 atom stereocenters. The van der Waals surface area contributed by atoms with Gasteiger partial charge in [0.25, 0.3) is 0 Å². The highest BCUT2D eigenvalue weighted by Crippen LogP contribution is 2.25. The number of nitrogens with zero attached hydrogens (tertiary/aromatic N) is 2. The van der Waals surface area contributed by atoms with Gasteiger partial charge >= 0.3 is 0 Å². The van der Waals surface area contributed by atoms with E-state index in [4.69, 9.17) is 11.4 Å². The zero-order chi connectivity index (χ0) is 15.9. The van der Waals surface area contributed by atoms with Gasteiger partial charge in [-0.15, -0.1) is 6.42 Å². The Hall–Kier alpha value is -1.53. The first-order valence-corrected chi connectivity index (χ1v) is 7.83. The van der Waals surface area contributed by atoms with Gasteiger partial charge in [-0.3, -0.25) is 0 Å². The molecule has 0 saturated heterocycles. The van der Waals surface area contributed by atoms with Crippen molar-refractivity contribution >= 4 is 5.82 Å². The van der Waals surface area contributed by atoms with Crippen molar-refractivity contribution in [1.82, 2.24) is 10.3 Å². The summed E-state index contributed by atoms with van der Waals surface area (Å²) in [5.74, 6) is 3.70. The van der Waals surface area contributed by atoms with Crippen molar-refractivity contribution in [3.05, 3.63) is 23.4 Å². The maximum absolute atomic E-state index is 5.47. The van der Waals surface area contributed by atoms with Crippen LogP contribution >= 0.6 is 0 Å². The Labute approximate surface area is 130 Å². The van der Waals surface area contributed by atoms with Gasteiger partial charge in [-0.1, -0.05) is 33.6 Å². The van der Waals surface area contributed by atoms with Crippen molar-refractivity contribution in [3.8, 4) is 12.3 Å². The average Bonchev–Trinajstić information content (AvgIpc) is 2.44. The molecule has 3 heteroatoms. The zero-order valence-corrected chi connectivity index (χ0v) is 14.2. The molecule has 0 aliphatic heterocycles. The Kier molecular flexibility index (Phi) is 6.71. The third kappa shape index (κ3) is 5.40. The lowest BCUT2D eigenvalue weighted by atomic mass is 9.90. The Morgan fingerprint density at radius 1 is 1.29 bits per heavy atom. The van der Waals surface area contributed by atoms with Crippen LogP contribution < -0.4 is 10.2 Å². The van der Waals surface area contributed by atoms with E-state index in [2.05, 4.69) is 62.9 Å². The van der Waals surface area contributed by atoms with Crippen LogP contribution in [0.5, 0.6) is 0 Å². The Balaban J connectivity index is 3.11. The number of nitrogens with one attached hydrogen (secondary N) is 1. The van der Waals surface area contributed by atoms with Crippen molar-refractivity contribution in [1.29, 1.82) is 0 Å². The van der Waals surface area contributed by atoms with E-state index in [1.165, 1.54) is 5.56 Å². The molecule has 1 rings (SSSR count). The quantitative estimate of drug-likeness (QED) is 0.616. The molecule has 0 spiro atoms. The van der Waals surface area contributed by atoms with Gasteiger partial charge in [-0.2, -0.15) is 0 Å². The van der Waals surface area contributed by atoms with E-state index in [0.29, 0.717) is 6.54 Å². The monoisotopic (exact) mass is 287 g/mol. The van der Waals surface area contributed by atoms with Crippen molar-refractivity contribution in [2.75, 3.05) is 24.5 Å². The smallest absolute Gasteiger partial charge is 0.129 e. The lowest BCUT2D eigenvalue weighted by Crippen LogP contribution is -2.26. The van der Waals surface area contributed by atoms with E-state index in [1.807, 2.05) is 0 Å². The Morgan fingerprint density at radius 2 is 2.00 bits per heavy atom. The highest BCUT2D eigenvalue weighted by Gasteiger charge is 2.18. The first-order valence-electron chi connectivity index (χ1n) is 7.83. The molecular formula is C18H29N3. The second-order valence-corrected chi connectivity index (χ2v) is 6.36. The number of terminal acetylenes is 1. The standard InChI is InChI=1S/C18H29N3/c1-7-10-19-14-15-12-16(18(4,5)6)20-17(13-15)21(9-3)11-8-2/h2,12-13,19H,7,9-11,14H2,1,3-6H3. The van der Waals surface area contributed by atoms with E-state index in [1.54, 1.807) is 0 Å². The van der Waals surface area contributed by atoms with Gasteiger partial charge in [-0.25, -0.2) is 4.98 Å². The Morgan fingerprint density at radius 3 is 2.52 bits per heavy atom. The van der Waals surface area contributed by atoms with Crippen LogP contribution in [0.1, 0.15) is 52.3 Å². The molecule has 0 unspecified atom stereocenters. The first-order chi connectivity index (χ1) is 9.92.